The Balaban J connectivity index is 0.00000196. The molecule has 1 rings (SSSR count). The third-order valence-corrected chi connectivity index (χ3v) is 1.92. The minimum atomic E-state index is -4.21. The molecule has 0 aliphatic heterocycles. The van der Waals surface area contributed by atoms with E-state index in [2.05, 4.69) is 0 Å². The highest BCUT2D eigenvalue weighted by Crippen LogP contribution is 2.27. The Bertz CT molecular complexity index is 312. The molecule has 1 aromatic rings. The first-order valence-electron chi connectivity index (χ1n) is 4.27. The molecule has 0 saturated heterocycles. The van der Waals surface area contributed by atoms with Crippen LogP contribution in [0.2, 0.25) is 0 Å². The second-order valence-electron chi connectivity index (χ2n) is 3.34. The highest BCUT2D eigenvalue weighted by molar-refractivity contribution is 5.85. The number of rotatable bonds is 2. The van der Waals surface area contributed by atoms with Crippen molar-refractivity contribution >= 4 is 12.4 Å². The lowest BCUT2D eigenvalue weighted by Crippen LogP contribution is -2.20. The van der Waals surface area contributed by atoms with Crippen LogP contribution in [0.15, 0.2) is 24.3 Å². The van der Waals surface area contributed by atoms with Crippen LogP contribution in [0.1, 0.15) is 23.6 Å². The maximum Gasteiger partial charge on any atom is 0.390 e. The predicted molar refractivity (Wildman–Crippen MR) is 56.0 cm³/mol. The molecule has 0 spiro atoms. The maximum atomic E-state index is 12.0. The zero-order valence-electron chi connectivity index (χ0n) is 8.21. The Morgan fingerprint density at radius 3 is 2.40 bits per heavy atom. The van der Waals surface area contributed by atoms with Gasteiger partial charge in [0.25, 0.3) is 0 Å². The van der Waals surface area contributed by atoms with E-state index >= 15 is 0 Å². The molecule has 0 fully saturated rings. The van der Waals surface area contributed by atoms with Crippen LogP contribution in [0.3, 0.4) is 0 Å². The van der Waals surface area contributed by atoms with E-state index in [1.54, 1.807) is 18.2 Å². The smallest absolute Gasteiger partial charge is 0.324 e. The molecule has 15 heavy (non-hydrogen) atoms. The van der Waals surface area contributed by atoms with E-state index in [1.807, 2.05) is 13.0 Å². The van der Waals surface area contributed by atoms with Gasteiger partial charge in [-0.3, -0.25) is 0 Å². The summed E-state index contributed by atoms with van der Waals surface area (Å²) in [5.41, 5.74) is 6.88. The molecule has 1 aromatic carbocycles. The molecule has 1 nitrogen and oxygen atoms in total. The van der Waals surface area contributed by atoms with Crippen LogP contribution in [0.4, 0.5) is 13.2 Å². The second-order valence-corrected chi connectivity index (χ2v) is 3.34. The normalized spacial score (nSPS) is 13.1. The predicted octanol–water partition coefficient (Wildman–Crippen LogP) is 3.37. The van der Waals surface area contributed by atoms with E-state index < -0.39 is 18.6 Å². The summed E-state index contributed by atoms with van der Waals surface area (Å²) in [4.78, 5) is 0. The molecular weight excluding hydrogens is 227 g/mol. The quantitative estimate of drug-likeness (QED) is 0.841. The van der Waals surface area contributed by atoms with Gasteiger partial charge in [-0.1, -0.05) is 29.8 Å². The number of aryl methyl sites for hydroxylation is 1. The molecule has 0 saturated carbocycles. The molecule has 0 unspecified atom stereocenters. The van der Waals surface area contributed by atoms with E-state index in [0.717, 1.165) is 5.56 Å². The molecule has 0 heterocycles. The third kappa shape index (κ3) is 5.04. The highest BCUT2D eigenvalue weighted by atomic mass is 35.5. The molecule has 0 bridgehead atoms. The minimum absolute atomic E-state index is 0. The van der Waals surface area contributed by atoms with Gasteiger partial charge in [-0.25, -0.2) is 0 Å². The number of benzene rings is 1. The Labute approximate surface area is 92.9 Å². The summed E-state index contributed by atoms with van der Waals surface area (Å²) < 4.78 is 36.0. The number of nitrogens with two attached hydrogens (primary N) is 1. The average molecular weight is 240 g/mol. The molecule has 86 valence electrons. The fraction of sp³-hybridized carbons (Fsp3) is 0.400. The molecule has 0 aliphatic carbocycles. The van der Waals surface area contributed by atoms with Crippen LogP contribution in [0, 0.1) is 6.92 Å². The SMILES string of the molecule is Cc1cccc([C@@H](N)CC(F)(F)F)c1.Cl. The van der Waals surface area contributed by atoms with E-state index in [4.69, 9.17) is 5.73 Å². The zero-order valence-corrected chi connectivity index (χ0v) is 9.03. The van der Waals surface area contributed by atoms with E-state index in [0.29, 0.717) is 5.56 Å². The lowest BCUT2D eigenvalue weighted by molar-refractivity contribution is -0.138. The van der Waals surface area contributed by atoms with Gasteiger partial charge in [0.15, 0.2) is 0 Å². The van der Waals surface area contributed by atoms with Gasteiger partial charge in [0.1, 0.15) is 0 Å². The van der Waals surface area contributed by atoms with Gasteiger partial charge in [0.2, 0.25) is 0 Å². The van der Waals surface area contributed by atoms with Gasteiger partial charge in [-0.05, 0) is 12.5 Å². The molecule has 0 aromatic heterocycles. The van der Waals surface area contributed by atoms with Gasteiger partial charge in [0.05, 0.1) is 6.42 Å². The first-order valence-corrected chi connectivity index (χ1v) is 4.27. The molecule has 0 amide bonds. The van der Waals surface area contributed by atoms with Crippen molar-refractivity contribution in [2.24, 2.45) is 5.73 Å². The van der Waals surface area contributed by atoms with Crippen molar-refractivity contribution in [3.63, 3.8) is 0 Å². The molecule has 0 aliphatic rings. The van der Waals surface area contributed by atoms with E-state index in [9.17, 15) is 13.2 Å². The summed E-state index contributed by atoms with van der Waals surface area (Å²) in [6, 6.07) is 5.86. The van der Waals surface area contributed by atoms with Crippen LogP contribution in [-0.2, 0) is 0 Å². The number of hydrogen-bond acceptors (Lipinski definition) is 1. The van der Waals surface area contributed by atoms with Crippen molar-refractivity contribution in [1.29, 1.82) is 0 Å². The number of alkyl halides is 3. The van der Waals surface area contributed by atoms with Crippen LogP contribution < -0.4 is 5.73 Å². The summed E-state index contributed by atoms with van der Waals surface area (Å²) in [5, 5.41) is 0. The van der Waals surface area contributed by atoms with E-state index in [1.165, 1.54) is 0 Å². The van der Waals surface area contributed by atoms with Crippen molar-refractivity contribution in [1.82, 2.24) is 0 Å². The molecule has 1 atom stereocenters. The Morgan fingerprint density at radius 2 is 1.93 bits per heavy atom. The molecular formula is C10H13ClF3N. The Hall–Kier alpha value is -0.740. The zero-order chi connectivity index (χ0) is 10.8. The topological polar surface area (TPSA) is 26.0 Å². The van der Waals surface area contributed by atoms with Gasteiger partial charge in [-0.2, -0.15) is 13.2 Å². The monoisotopic (exact) mass is 239 g/mol. The number of hydrogen-bond donors (Lipinski definition) is 1. The standard InChI is InChI=1S/C10H12F3N.ClH/c1-7-3-2-4-8(5-7)9(14)6-10(11,12)13;/h2-5,9H,6,14H2,1H3;1H/t9-;/m0./s1. The summed E-state index contributed by atoms with van der Waals surface area (Å²) in [6.45, 7) is 1.82. The van der Waals surface area contributed by atoms with Crippen LogP contribution in [-0.4, -0.2) is 6.18 Å². The summed E-state index contributed by atoms with van der Waals surface area (Å²) >= 11 is 0. The fourth-order valence-electron chi connectivity index (χ4n) is 1.27. The third-order valence-electron chi connectivity index (χ3n) is 1.92. The number of halogens is 4. The highest BCUT2D eigenvalue weighted by Gasteiger charge is 2.30. The van der Waals surface area contributed by atoms with Crippen molar-refractivity contribution in [2.45, 2.75) is 25.6 Å². The first-order chi connectivity index (χ1) is 6.38. The van der Waals surface area contributed by atoms with Crippen LogP contribution >= 0.6 is 12.4 Å². The lowest BCUT2D eigenvalue weighted by Gasteiger charge is -2.14. The maximum absolute atomic E-state index is 12.0. The lowest BCUT2D eigenvalue weighted by atomic mass is 10.0. The van der Waals surface area contributed by atoms with Gasteiger partial charge in [0, 0.05) is 6.04 Å². The second kappa shape index (κ2) is 5.37. The Kier molecular flexibility index (Phi) is 5.11. The van der Waals surface area contributed by atoms with Crippen molar-refractivity contribution in [3.05, 3.63) is 35.4 Å². The van der Waals surface area contributed by atoms with Crippen LogP contribution in [0.25, 0.3) is 0 Å². The molecule has 5 heteroatoms. The summed E-state index contributed by atoms with van der Waals surface area (Å²) in [7, 11) is 0. The van der Waals surface area contributed by atoms with Gasteiger partial charge >= 0.3 is 6.18 Å². The van der Waals surface area contributed by atoms with Crippen molar-refractivity contribution in [3.8, 4) is 0 Å². The largest absolute Gasteiger partial charge is 0.390 e. The van der Waals surface area contributed by atoms with Gasteiger partial charge < -0.3 is 5.73 Å². The van der Waals surface area contributed by atoms with Crippen molar-refractivity contribution < 1.29 is 13.2 Å². The minimum Gasteiger partial charge on any atom is -0.324 e. The van der Waals surface area contributed by atoms with E-state index in [-0.39, 0.29) is 12.4 Å². The average Bonchev–Trinajstić information content (AvgIpc) is 2.01. The molecule has 2 N–H and O–H groups in total. The van der Waals surface area contributed by atoms with Crippen LogP contribution in [0.5, 0.6) is 0 Å². The molecule has 0 radical (unpaired) electrons. The first kappa shape index (κ1) is 14.3. The summed E-state index contributed by atoms with van der Waals surface area (Å²) in [5.74, 6) is 0. The van der Waals surface area contributed by atoms with Crippen molar-refractivity contribution in [2.75, 3.05) is 0 Å². The fourth-order valence-corrected chi connectivity index (χ4v) is 1.27. The summed E-state index contributed by atoms with van der Waals surface area (Å²) in [6.07, 6.45) is -5.18. The van der Waals surface area contributed by atoms with Gasteiger partial charge in [-0.15, -0.1) is 12.4 Å². The Morgan fingerprint density at radius 1 is 1.33 bits per heavy atom.